The molecule has 7 heteroatoms. The molecule has 0 aliphatic heterocycles. The first-order chi connectivity index (χ1) is 9.37. The quantitative estimate of drug-likeness (QED) is 0.875. The minimum Gasteiger partial charge on any atom is -0.384 e. The number of rotatable bonds is 6. The molecule has 112 valence electrons. The van der Waals surface area contributed by atoms with E-state index in [1.807, 2.05) is 6.92 Å². The summed E-state index contributed by atoms with van der Waals surface area (Å²) in [7, 11) is 0. The van der Waals surface area contributed by atoms with Crippen LogP contribution < -0.4 is 5.32 Å². The second-order valence-corrected chi connectivity index (χ2v) is 4.30. The Labute approximate surface area is 116 Å². The molecule has 1 rings (SSSR count). The number of amides is 1. The number of carbonyl (C=O) groups excluding carboxylic acids is 1. The molecule has 1 amide bonds. The van der Waals surface area contributed by atoms with Crippen LogP contribution in [0.25, 0.3) is 0 Å². The molecule has 0 atom stereocenters. The van der Waals surface area contributed by atoms with Crippen LogP contribution in [0.3, 0.4) is 0 Å². The standard InChI is InChI=1S/C13H18F3N3O/c1-3-7-19(9-13(14,15)16)12(20)11-6-5-10(8-18-11)17-4-2/h5-6,8,17H,3-4,7,9H2,1-2H3. The van der Waals surface area contributed by atoms with E-state index in [9.17, 15) is 18.0 Å². The Balaban J connectivity index is 2.83. The van der Waals surface area contributed by atoms with Gasteiger partial charge in [0.25, 0.3) is 5.91 Å². The normalized spacial score (nSPS) is 11.2. The molecule has 4 nitrogen and oxygen atoms in total. The maximum atomic E-state index is 12.4. The van der Waals surface area contributed by atoms with Gasteiger partial charge in [-0.15, -0.1) is 0 Å². The summed E-state index contributed by atoms with van der Waals surface area (Å²) in [6, 6.07) is 3.06. The van der Waals surface area contributed by atoms with Crippen LogP contribution in [0.1, 0.15) is 30.8 Å². The molecule has 0 unspecified atom stereocenters. The fourth-order valence-corrected chi connectivity index (χ4v) is 1.73. The lowest BCUT2D eigenvalue weighted by Crippen LogP contribution is -2.39. The fraction of sp³-hybridized carbons (Fsp3) is 0.538. The highest BCUT2D eigenvalue weighted by molar-refractivity contribution is 5.92. The van der Waals surface area contributed by atoms with E-state index < -0.39 is 18.6 Å². The molecule has 0 bridgehead atoms. The van der Waals surface area contributed by atoms with Crippen molar-refractivity contribution >= 4 is 11.6 Å². The van der Waals surface area contributed by atoms with Crippen molar-refractivity contribution in [3.05, 3.63) is 24.0 Å². The van der Waals surface area contributed by atoms with Crippen molar-refractivity contribution in [1.82, 2.24) is 9.88 Å². The van der Waals surface area contributed by atoms with Gasteiger partial charge in [0.2, 0.25) is 0 Å². The van der Waals surface area contributed by atoms with Crippen LogP contribution in [-0.2, 0) is 0 Å². The zero-order valence-corrected chi connectivity index (χ0v) is 11.5. The maximum absolute atomic E-state index is 12.4. The minimum absolute atomic E-state index is 0.0179. The number of hydrogen-bond donors (Lipinski definition) is 1. The smallest absolute Gasteiger partial charge is 0.384 e. The number of nitrogens with zero attached hydrogens (tertiary/aromatic N) is 2. The van der Waals surface area contributed by atoms with Gasteiger partial charge in [-0.2, -0.15) is 13.2 Å². The summed E-state index contributed by atoms with van der Waals surface area (Å²) in [5, 5.41) is 3.00. The summed E-state index contributed by atoms with van der Waals surface area (Å²) >= 11 is 0. The Kier molecular flexibility index (Phi) is 5.79. The third-order valence-corrected chi connectivity index (χ3v) is 2.51. The number of carbonyl (C=O) groups is 1. The van der Waals surface area contributed by atoms with Crippen LogP contribution in [0.4, 0.5) is 18.9 Å². The molecule has 20 heavy (non-hydrogen) atoms. The molecule has 1 aromatic rings. The number of alkyl halides is 3. The monoisotopic (exact) mass is 289 g/mol. The van der Waals surface area contributed by atoms with E-state index in [4.69, 9.17) is 0 Å². The van der Waals surface area contributed by atoms with Crippen molar-refractivity contribution in [2.75, 3.05) is 25.0 Å². The molecular weight excluding hydrogens is 271 g/mol. The minimum atomic E-state index is -4.41. The Hall–Kier alpha value is -1.79. The lowest BCUT2D eigenvalue weighted by atomic mass is 10.2. The molecule has 0 saturated heterocycles. The lowest BCUT2D eigenvalue weighted by molar-refractivity contribution is -0.140. The van der Waals surface area contributed by atoms with E-state index in [1.165, 1.54) is 12.3 Å². The fourth-order valence-electron chi connectivity index (χ4n) is 1.73. The molecule has 0 saturated carbocycles. The third-order valence-electron chi connectivity index (χ3n) is 2.51. The van der Waals surface area contributed by atoms with E-state index in [0.29, 0.717) is 13.0 Å². The Morgan fingerprint density at radius 2 is 2.05 bits per heavy atom. The predicted molar refractivity (Wildman–Crippen MR) is 70.7 cm³/mol. The average Bonchev–Trinajstić information content (AvgIpc) is 2.37. The van der Waals surface area contributed by atoms with Crippen LogP contribution in [0.5, 0.6) is 0 Å². The van der Waals surface area contributed by atoms with Gasteiger partial charge in [0, 0.05) is 13.1 Å². The maximum Gasteiger partial charge on any atom is 0.406 e. The first-order valence-electron chi connectivity index (χ1n) is 6.43. The molecule has 0 aliphatic carbocycles. The van der Waals surface area contributed by atoms with Crippen molar-refractivity contribution in [3.63, 3.8) is 0 Å². The summed E-state index contributed by atoms with van der Waals surface area (Å²) in [6.45, 7) is 3.13. The van der Waals surface area contributed by atoms with Crippen molar-refractivity contribution < 1.29 is 18.0 Å². The predicted octanol–water partition coefficient (Wildman–Crippen LogP) is 2.93. The largest absolute Gasteiger partial charge is 0.406 e. The number of aromatic nitrogens is 1. The van der Waals surface area contributed by atoms with Crippen LogP contribution >= 0.6 is 0 Å². The molecule has 1 heterocycles. The Bertz CT molecular complexity index is 431. The van der Waals surface area contributed by atoms with Crippen LogP contribution in [-0.4, -0.2) is 41.6 Å². The van der Waals surface area contributed by atoms with Gasteiger partial charge in [-0.05, 0) is 25.5 Å². The van der Waals surface area contributed by atoms with Gasteiger partial charge in [-0.3, -0.25) is 4.79 Å². The molecule has 0 spiro atoms. The second-order valence-electron chi connectivity index (χ2n) is 4.30. The van der Waals surface area contributed by atoms with Crippen LogP contribution in [0.15, 0.2) is 18.3 Å². The molecule has 0 radical (unpaired) electrons. The molecular formula is C13H18F3N3O. The van der Waals surface area contributed by atoms with Gasteiger partial charge in [0.15, 0.2) is 0 Å². The summed E-state index contributed by atoms with van der Waals surface area (Å²) < 4.78 is 37.3. The van der Waals surface area contributed by atoms with E-state index in [2.05, 4.69) is 10.3 Å². The summed E-state index contributed by atoms with van der Waals surface area (Å²) in [5.74, 6) is -0.702. The number of halogens is 3. The molecule has 1 aromatic heterocycles. The molecule has 0 aromatic carbocycles. The average molecular weight is 289 g/mol. The van der Waals surface area contributed by atoms with Crippen molar-refractivity contribution in [3.8, 4) is 0 Å². The van der Waals surface area contributed by atoms with Crippen LogP contribution in [0.2, 0.25) is 0 Å². The third kappa shape index (κ3) is 5.07. The highest BCUT2D eigenvalue weighted by Gasteiger charge is 2.33. The number of hydrogen-bond acceptors (Lipinski definition) is 3. The summed E-state index contributed by atoms with van der Waals surface area (Å²) in [4.78, 5) is 16.7. The highest BCUT2D eigenvalue weighted by atomic mass is 19.4. The lowest BCUT2D eigenvalue weighted by Gasteiger charge is -2.23. The zero-order chi connectivity index (χ0) is 15.2. The summed E-state index contributed by atoms with van der Waals surface area (Å²) in [5.41, 5.74) is 0.742. The summed E-state index contributed by atoms with van der Waals surface area (Å²) in [6.07, 6.45) is -2.51. The van der Waals surface area contributed by atoms with E-state index in [-0.39, 0.29) is 12.2 Å². The molecule has 0 fully saturated rings. The number of pyridine rings is 1. The second kappa shape index (κ2) is 7.12. The van der Waals surface area contributed by atoms with E-state index in [1.54, 1.807) is 13.0 Å². The van der Waals surface area contributed by atoms with Gasteiger partial charge in [-0.1, -0.05) is 6.92 Å². The molecule has 0 aliphatic rings. The topological polar surface area (TPSA) is 45.2 Å². The molecule has 1 N–H and O–H groups in total. The van der Waals surface area contributed by atoms with Crippen molar-refractivity contribution in [2.45, 2.75) is 26.4 Å². The van der Waals surface area contributed by atoms with E-state index in [0.717, 1.165) is 10.6 Å². The Morgan fingerprint density at radius 1 is 1.35 bits per heavy atom. The van der Waals surface area contributed by atoms with Gasteiger partial charge < -0.3 is 10.2 Å². The van der Waals surface area contributed by atoms with Gasteiger partial charge in [0.1, 0.15) is 12.2 Å². The van der Waals surface area contributed by atoms with Crippen molar-refractivity contribution in [2.24, 2.45) is 0 Å². The zero-order valence-electron chi connectivity index (χ0n) is 11.5. The van der Waals surface area contributed by atoms with Crippen molar-refractivity contribution in [1.29, 1.82) is 0 Å². The van der Waals surface area contributed by atoms with Gasteiger partial charge >= 0.3 is 6.18 Å². The SMILES string of the molecule is CCCN(CC(F)(F)F)C(=O)c1ccc(NCC)cn1. The van der Waals surface area contributed by atoms with E-state index >= 15 is 0 Å². The van der Waals surface area contributed by atoms with Gasteiger partial charge in [0.05, 0.1) is 11.9 Å². The first kappa shape index (κ1) is 16.3. The Morgan fingerprint density at radius 3 is 2.50 bits per heavy atom. The van der Waals surface area contributed by atoms with Gasteiger partial charge in [-0.25, -0.2) is 4.98 Å². The number of nitrogens with one attached hydrogen (secondary N) is 1. The number of anilines is 1. The highest BCUT2D eigenvalue weighted by Crippen LogP contribution is 2.18. The first-order valence-corrected chi connectivity index (χ1v) is 6.43. The van der Waals surface area contributed by atoms with Crippen LogP contribution in [0, 0.1) is 0 Å².